The highest BCUT2D eigenvalue weighted by atomic mass is 79.9. The van der Waals surface area contributed by atoms with Gasteiger partial charge in [-0.25, -0.2) is 0 Å². The monoisotopic (exact) mass is 354 g/mol. The molecule has 1 aromatic rings. The normalized spacial score (nSPS) is 17.6. The molecule has 0 radical (unpaired) electrons. The van der Waals surface area contributed by atoms with Gasteiger partial charge in [-0.1, -0.05) is 6.07 Å². The third kappa shape index (κ3) is 4.45. The Morgan fingerprint density at radius 3 is 2.67 bits per heavy atom. The number of carbonyl (C=O) groups is 1. The lowest BCUT2D eigenvalue weighted by atomic mass is 9.96. The molecule has 1 aromatic carbocycles. The van der Waals surface area contributed by atoms with Crippen molar-refractivity contribution in [3.8, 4) is 0 Å². The fourth-order valence-electron chi connectivity index (χ4n) is 2.71. The maximum Gasteiger partial charge on any atom is 0.216 e. The van der Waals surface area contributed by atoms with Gasteiger partial charge < -0.3 is 15.3 Å². The lowest BCUT2D eigenvalue weighted by Crippen LogP contribution is -2.38. The first-order valence-electron chi connectivity index (χ1n) is 7.44. The molecule has 1 aliphatic rings. The number of carbonyl (C=O) groups excluding carboxylic acids is 1. The lowest BCUT2D eigenvalue weighted by molar-refractivity contribution is -0.119. The van der Waals surface area contributed by atoms with Crippen LogP contribution in [0.3, 0.4) is 0 Å². The Kier molecular flexibility index (Phi) is 5.65. The van der Waals surface area contributed by atoms with Gasteiger partial charge in [0.25, 0.3) is 0 Å². The van der Waals surface area contributed by atoms with Gasteiger partial charge in [-0.2, -0.15) is 0 Å². The number of anilines is 1. The van der Waals surface area contributed by atoms with Crippen LogP contribution in [0.4, 0.5) is 5.69 Å². The van der Waals surface area contributed by atoms with Crippen LogP contribution in [-0.4, -0.2) is 30.6 Å². The summed E-state index contributed by atoms with van der Waals surface area (Å²) in [5.74, 6) is 0.620. The highest BCUT2D eigenvalue weighted by Gasteiger charge is 2.21. The number of piperidine rings is 1. The maximum atomic E-state index is 11.0. The van der Waals surface area contributed by atoms with E-state index >= 15 is 0 Å². The molecule has 0 bridgehead atoms. The van der Waals surface area contributed by atoms with E-state index in [9.17, 15) is 9.90 Å². The first kappa shape index (κ1) is 16.3. The maximum absolute atomic E-state index is 11.0. The summed E-state index contributed by atoms with van der Waals surface area (Å²) in [4.78, 5) is 13.3. The van der Waals surface area contributed by atoms with Crippen LogP contribution in [0.1, 0.15) is 38.4 Å². The Bertz CT molecular complexity index is 497. The SMILES string of the molecule is CC(=O)NCC1CCN(c2ccc(C(C)O)cc2Br)CC1. The zero-order valence-corrected chi connectivity index (χ0v) is 14.2. The second-order valence-corrected chi connectivity index (χ2v) is 6.61. The van der Waals surface area contributed by atoms with Crippen molar-refractivity contribution >= 4 is 27.5 Å². The zero-order chi connectivity index (χ0) is 15.4. The Morgan fingerprint density at radius 1 is 1.48 bits per heavy atom. The van der Waals surface area contributed by atoms with Gasteiger partial charge in [0.15, 0.2) is 0 Å². The van der Waals surface area contributed by atoms with Crippen LogP contribution in [0.15, 0.2) is 22.7 Å². The summed E-state index contributed by atoms with van der Waals surface area (Å²) in [7, 11) is 0. The van der Waals surface area contributed by atoms with Gasteiger partial charge in [-0.3, -0.25) is 4.79 Å². The number of hydrogen-bond donors (Lipinski definition) is 2. The summed E-state index contributed by atoms with van der Waals surface area (Å²) in [5, 5.41) is 12.5. The molecule has 1 fully saturated rings. The molecule has 2 N–H and O–H groups in total. The van der Waals surface area contributed by atoms with Crippen molar-refractivity contribution in [2.75, 3.05) is 24.5 Å². The number of rotatable bonds is 4. The van der Waals surface area contributed by atoms with E-state index in [0.717, 1.165) is 42.5 Å². The fraction of sp³-hybridized carbons (Fsp3) is 0.562. The van der Waals surface area contributed by atoms with Crippen molar-refractivity contribution in [1.29, 1.82) is 0 Å². The topological polar surface area (TPSA) is 52.6 Å². The van der Waals surface area contributed by atoms with Crippen LogP contribution >= 0.6 is 15.9 Å². The summed E-state index contributed by atoms with van der Waals surface area (Å²) >= 11 is 3.61. The van der Waals surface area contributed by atoms with Crippen LogP contribution < -0.4 is 10.2 Å². The second-order valence-electron chi connectivity index (χ2n) is 5.75. The van der Waals surface area contributed by atoms with Crippen molar-refractivity contribution in [1.82, 2.24) is 5.32 Å². The quantitative estimate of drug-likeness (QED) is 0.873. The lowest BCUT2D eigenvalue weighted by Gasteiger charge is -2.34. The van der Waals surface area contributed by atoms with E-state index in [4.69, 9.17) is 0 Å². The number of halogens is 1. The highest BCUT2D eigenvalue weighted by molar-refractivity contribution is 9.10. The van der Waals surface area contributed by atoms with Gasteiger partial charge in [0.1, 0.15) is 0 Å². The minimum atomic E-state index is -0.446. The Labute approximate surface area is 134 Å². The molecule has 2 rings (SSSR count). The van der Waals surface area contributed by atoms with E-state index in [1.54, 1.807) is 13.8 Å². The fourth-order valence-corrected chi connectivity index (χ4v) is 3.35. The average molecular weight is 355 g/mol. The molecule has 4 nitrogen and oxygen atoms in total. The van der Waals surface area contributed by atoms with E-state index in [1.165, 1.54) is 5.69 Å². The van der Waals surface area contributed by atoms with Gasteiger partial charge in [-0.05, 0) is 59.3 Å². The smallest absolute Gasteiger partial charge is 0.216 e. The predicted octanol–water partition coefficient (Wildman–Crippen LogP) is 2.85. The Morgan fingerprint density at radius 2 is 2.14 bits per heavy atom. The summed E-state index contributed by atoms with van der Waals surface area (Å²) in [6, 6.07) is 6.04. The van der Waals surface area contributed by atoms with Gasteiger partial charge in [0.2, 0.25) is 5.91 Å². The Balaban J connectivity index is 1.94. The first-order valence-corrected chi connectivity index (χ1v) is 8.23. The summed E-state index contributed by atoms with van der Waals surface area (Å²) < 4.78 is 1.03. The molecule has 116 valence electrons. The first-order chi connectivity index (χ1) is 9.97. The van der Waals surface area contributed by atoms with Gasteiger partial charge in [-0.15, -0.1) is 0 Å². The van der Waals surface area contributed by atoms with Crippen molar-refractivity contribution in [3.05, 3.63) is 28.2 Å². The number of nitrogens with zero attached hydrogens (tertiary/aromatic N) is 1. The molecule has 1 aliphatic heterocycles. The molecular weight excluding hydrogens is 332 g/mol. The molecular formula is C16H23BrN2O2. The summed E-state index contributed by atoms with van der Waals surface area (Å²) in [6.07, 6.45) is 1.73. The number of aliphatic hydroxyl groups is 1. The van der Waals surface area contributed by atoms with Crippen molar-refractivity contribution in [2.24, 2.45) is 5.92 Å². The predicted molar refractivity (Wildman–Crippen MR) is 88.4 cm³/mol. The van der Waals surface area contributed by atoms with E-state index < -0.39 is 6.10 Å². The van der Waals surface area contributed by atoms with Gasteiger partial charge >= 0.3 is 0 Å². The molecule has 5 heteroatoms. The molecule has 1 unspecified atom stereocenters. The molecule has 1 amide bonds. The number of amides is 1. The van der Waals surface area contributed by atoms with Crippen LogP contribution in [0.25, 0.3) is 0 Å². The number of hydrogen-bond acceptors (Lipinski definition) is 3. The van der Waals surface area contributed by atoms with Crippen LogP contribution in [0.2, 0.25) is 0 Å². The van der Waals surface area contributed by atoms with E-state index in [1.807, 2.05) is 12.1 Å². The Hall–Kier alpha value is -1.07. The minimum Gasteiger partial charge on any atom is -0.389 e. The molecule has 1 saturated heterocycles. The van der Waals surface area contributed by atoms with Crippen molar-refractivity contribution in [3.63, 3.8) is 0 Å². The standard InChI is InChI=1S/C16H23BrN2O2/c1-11(20)14-3-4-16(15(17)9-14)19-7-5-13(6-8-19)10-18-12(2)21/h3-4,9,11,13,20H,5-8,10H2,1-2H3,(H,18,21). The van der Waals surface area contributed by atoms with E-state index in [0.29, 0.717) is 5.92 Å². The van der Waals surface area contributed by atoms with Gasteiger partial charge in [0.05, 0.1) is 11.8 Å². The molecule has 21 heavy (non-hydrogen) atoms. The van der Waals surface area contributed by atoms with E-state index in [2.05, 4.69) is 32.2 Å². The third-order valence-electron chi connectivity index (χ3n) is 4.05. The number of nitrogens with one attached hydrogen (secondary N) is 1. The number of aliphatic hydroxyl groups excluding tert-OH is 1. The minimum absolute atomic E-state index is 0.0499. The zero-order valence-electron chi connectivity index (χ0n) is 12.6. The van der Waals surface area contributed by atoms with Crippen molar-refractivity contribution < 1.29 is 9.90 Å². The van der Waals surface area contributed by atoms with Crippen LogP contribution in [0, 0.1) is 5.92 Å². The summed E-state index contributed by atoms with van der Waals surface area (Å²) in [6.45, 7) is 6.12. The molecule has 0 saturated carbocycles. The number of benzene rings is 1. The second kappa shape index (κ2) is 7.27. The van der Waals surface area contributed by atoms with E-state index in [-0.39, 0.29) is 5.91 Å². The van der Waals surface area contributed by atoms with Crippen molar-refractivity contribution in [2.45, 2.75) is 32.8 Å². The largest absolute Gasteiger partial charge is 0.389 e. The average Bonchev–Trinajstić information content (AvgIpc) is 2.45. The van der Waals surface area contributed by atoms with Gasteiger partial charge in [0, 0.05) is 31.0 Å². The highest BCUT2D eigenvalue weighted by Crippen LogP contribution is 2.32. The summed E-state index contributed by atoms with van der Waals surface area (Å²) in [5.41, 5.74) is 2.10. The molecule has 1 heterocycles. The molecule has 0 aromatic heterocycles. The third-order valence-corrected chi connectivity index (χ3v) is 4.68. The molecule has 0 spiro atoms. The van der Waals surface area contributed by atoms with Crippen LogP contribution in [0.5, 0.6) is 0 Å². The molecule has 1 atom stereocenters. The molecule has 0 aliphatic carbocycles. The van der Waals surface area contributed by atoms with Crippen LogP contribution in [-0.2, 0) is 4.79 Å².